The number of likely N-dealkylation sites (tertiary alicyclic amines) is 1. The first-order valence-electron chi connectivity index (χ1n) is 13.0. The van der Waals surface area contributed by atoms with Gasteiger partial charge in [0.1, 0.15) is 11.5 Å². The zero-order chi connectivity index (χ0) is 26.7. The first-order chi connectivity index (χ1) is 17.6. The van der Waals surface area contributed by atoms with Crippen molar-refractivity contribution >= 4 is 17.4 Å². The van der Waals surface area contributed by atoms with Crippen molar-refractivity contribution in [2.24, 2.45) is 0 Å². The molecule has 2 aliphatic heterocycles. The van der Waals surface area contributed by atoms with Gasteiger partial charge in [0.15, 0.2) is 0 Å². The highest BCUT2D eigenvalue weighted by Crippen LogP contribution is 2.40. The monoisotopic (exact) mass is 506 g/mol. The summed E-state index contributed by atoms with van der Waals surface area (Å²) >= 11 is 0. The summed E-state index contributed by atoms with van der Waals surface area (Å²) in [6, 6.07) is 12.7. The van der Waals surface area contributed by atoms with Gasteiger partial charge < -0.3 is 19.5 Å². The van der Waals surface area contributed by atoms with E-state index in [9.17, 15) is 14.7 Å². The number of nitrogens with zero attached hydrogens (tertiary/aromatic N) is 2. The molecule has 1 atom stereocenters. The highest BCUT2D eigenvalue weighted by Gasteiger charge is 2.46. The molecular formula is C30H38N2O5. The maximum Gasteiger partial charge on any atom is 0.295 e. The molecule has 7 heteroatoms. The molecule has 0 saturated carbocycles. The number of rotatable bonds is 7. The number of carbonyl (C=O) groups is 2. The van der Waals surface area contributed by atoms with Crippen LogP contribution in [0.25, 0.3) is 5.76 Å². The van der Waals surface area contributed by atoms with Gasteiger partial charge in [-0.05, 0) is 54.2 Å². The second-order valence-corrected chi connectivity index (χ2v) is 10.7. The Labute approximate surface area is 219 Å². The number of ketones is 1. The molecule has 2 heterocycles. The lowest BCUT2D eigenvalue weighted by molar-refractivity contribution is -0.140. The average Bonchev–Trinajstić information content (AvgIpc) is 3.12. The molecular weight excluding hydrogens is 468 g/mol. The molecule has 0 radical (unpaired) electrons. The molecule has 2 fully saturated rings. The van der Waals surface area contributed by atoms with E-state index in [0.29, 0.717) is 44.2 Å². The van der Waals surface area contributed by atoms with E-state index in [4.69, 9.17) is 9.47 Å². The van der Waals surface area contributed by atoms with E-state index >= 15 is 0 Å². The average molecular weight is 507 g/mol. The highest BCUT2D eigenvalue weighted by atomic mass is 16.5. The van der Waals surface area contributed by atoms with Crippen molar-refractivity contribution < 1.29 is 24.2 Å². The number of morpholine rings is 1. The van der Waals surface area contributed by atoms with Crippen LogP contribution in [-0.2, 0) is 19.7 Å². The Morgan fingerprint density at radius 2 is 1.73 bits per heavy atom. The van der Waals surface area contributed by atoms with E-state index in [1.807, 2.05) is 44.2 Å². The lowest BCUT2D eigenvalue weighted by Gasteiger charge is -2.31. The lowest BCUT2D eigenvalue weighted by Crippen LogP contribution is -2.42. The second-order valence-electron chi connectivity index (χ2n) is 10.7. The van der Waals surface area contributed by atoms with Crippen LogP contribution in [0.2, 0.25) is 0 Å². The van der Waals surface area contributed by atoms with Crippen molar-refractivity contribution in [2.45, 2.75) is 46.1 Å². The van der Waals surface area contributed by atoms with Crippen LogP contribution < -0.4 is 4.74 Å². The number of aliphatic hydroxyl groups is 1. The number of hydrogen-bond acceptors (Lipinski definition) is 6. The number of benzene rings is 2. The Hall–Kier alpha value is -3.16. The van der Waals surface area contributed by atoms with Gasteiger partial charge in [0.05, 0.1) is 31.4 Å². The van der Waals surface area contributed by atoms with Crippen LogP contribution >= 0.6 is 0 Å². The Morgan fingerprint density at radius 3 is 2.32 bits per heavy atom. The summed E-state index contributed by atoms with van der Waals surface area (Å²) in [5.41, 5.74) is 3.34. The van der Waals surface area contributed by atoms with Crippen LogP contribution in [-0.4, -0.2) is 72.6 Å². The molecule has 2 aliphatic rings. The van der Waals surface area contributed by atoms with Crippen molar-refractivity contribution in [1.29, 1.82) is 0 Å². The predicted octanol–water partition coefficient (Wildman–Crippen LogP) is 4.45. The van der Waals surface area contributed by atoms with Crippen molar-refractivity contribution in [3.8, 4) is 5.75 Å². The minimum Gasteiger partial charge on any atom is -0.507 e. The van der Waals surface area contributed by atoms with Gasteiger partial charge in [0, 0.05) is 31.7 Å². The first-order valence-corrected chi connectivity index (χ1v) is 13.0. The van der Waals surface area contributed by atoms with Crippen molar-refractivity contribution in [3.63, 3.8) is 0 Å². The Kier molecular flexibility index (Phi) is 8.05. The van der Waals surface area contributed by atoms with Crippen molar-refractivity contribution in [3.05, 3.63) is 70.3 Å². The predicted molar refractivity (Wildman–Crippen MR) is 144 cm³/mol. The summed E-state index contributed by atoms with van der Waals surface area (Å²) in [5, 5.41) is 11.5. The van der Waals surface area contributed by atoms with Gasteiger partial charge in [-0.3, -0.25) is 14.5 Å². The Morgan fingerprint density at radius 1 is 1.05 bits per heavy atom. The zero-order valence-electron chi connectivity index (χ0n) is 22.5. The first kappa shape index (κ1) is 26.9. The summed E-state index contributed by atoms with van der Waals surface area (Å²) < 4.78 is 11.0. The third-order valence-electron chi connectivity index (χ3n) is 7.16. The smallest absolute Gasteiger partial charge is 0.295 e. The van der Waals surface area contributed by atoms with E-state index in [1.165, 1.54) is 0 Å². The fraction of sp³-hybridized carbons (Fsp3) is 0.467. The van der Waals surface area contributed by atoms with Crippen molar-refractivity contribution in [2.75, 3.05) is 46.0 Å². The minimum absolute atomic E-state index is 0.0317. The topological polar surface area (TPSA) is 79.3 Å². The number of aryl methyl sites for hydroxylation is 1. The van der Waals surface area contributed by atoms with E-state index in [0.717, 1.165) is 29.8 Å². The molecule has 2 saturated heterocycles. The number of amides is 1. The summed E-state index contributed by atoms with van der Waals surface area (Å²) in [6.07, 6.45) is 0. The standard InChI is InChI=1S/C30H38N2O5/c1-6-37-23-11-12-24(20(2)19-23)27(33)25-26(21-7-9-22(10-8-21)30(3,4)5)32(29(35)28(25)34)14-13-31-15-17-36-18-16-31/h7-12,19,26,33H,6,13-18H2,1-5H3. The molecule has 2 aromatic rings. The number of Topliss-reactive ketones (excluding diaryl/α,β-unsaturated/α-hetero) is 1. The molecule has 0 aliphatic carbocycles. The van der Waals surface area contributed by atoms with Crippen LogP contribution in [0, 0.1) is 6.92 Å². The summed E-state index contributed by atoms with van der Waals surface area (Å²) in [6.45, 7) is 14.7. The second kappa shape index (κ2) is 11.1. The van der Waals surface area contributed by atoms with Gasteiger partial charge >= 0.3 is 0 Å². The fourth-order valence-electron chi connectivity index (χ4n) is 5.00. The molecule has 2 aromatic carbocycles. The van der Waals surface area contributed by atoms with E-state index in [-0.39, 0.29) is 16.7 Å². The van der Waals surface area contributed by atoms with E-state index < -0.39 is 17.7 Å². The lowest BCUT2D eigenvalue weighted by atomic mass is 9.85. The third-order valence-corrected chi connectivity index (χ3v) is 7.16. The number of carbonyl (C=O) groups excluding carboxylic acids is 2. The Balaban J connectivity index is 1.76. The molecule has 1 amide bonds. The van der Waals surface area contributed by atoms with E-state index in [2.05, 4.69) is 25.7 Å². The highest BCUT2D eigenvalue weighted by molar-refractivity contribution is 6.46. The number of aliphatic hydroxyl groups excluding tert-OH is 1. The fourth-order valence-corrected chi connectivity index (χ4v) is 5.00. The molecule has 37 heavy (non-hydrogen) atoms. The van der Waals surface area contributed by atoms with E-state index in [1.54, 1.807) is 17.0 Å². The molecule has 0 spiro atoms. The SMILES string of the molecule is CCOc1ccc(C(O)=C2C(=O)C(=O)N(CCN3CCOCC3)C2c2ccc(C(C)(C)C)cc2)c(C)c1. The van der Waals surface area contributed by atoms with Crippen LogP contribution in [0.1, 0.15) is 56.0 Å². The van der Waals surface area contributed by atoms with Crippen molar-refractivity contribution in [1.82, 2.24) is 9.80 Å². The quantitative estimate of drug-likeness (QED) is 0.340. The van der Waals surface area contributed by atoms with Gasteiger partial charge in [-0.1, -0.05) is 45.0 Å². The number of hydrogen-bond donors (Lipinski definition) is 1. The van der Waals surface area contributed by atoms with Gasteiger partial charge in [0.2, 0.25) is 0 Å². The molecule has 7 nitrogen and oxygen atoms in total. The molecule has 0 bridgehead atoms. The molecule has 4 rings (SSSR count). The molecule has 0 aromatic heterocycles. The Bertz CT molecular complexity index is 1170. The van der Waals surface area contributed by atoms with Crippen LogP contribution in [0.4, 0.5) is 0 Å². The van der Waals surface area contributed by atoms with Gasteiger partial charge in [-0.15, -0.1) is 0 Å². The normalized spacial score (nSPS) is 20.5. The minimum atomic E-state index is -0.666. The van der Waals surface area contributed by atoms with Gasteiger partial charge in [-0.2, -0.15) is 0 Å². The molecule has 1 N–H and O–H groups in total. The summed E-state index contributed by atoms with van der Waals surface area (Å²) in [7, 11) is 0. The van der Waals surface area contributed by atoms with Gasteiger partial charge in [0.25, 0.3) is 11.7 Å². The van der Waals surface area contributed by atoms with Crippen LogP contribution in [0.5, 0.6) is 5.75 Å². The molecule has 1 unspecified atom stereocenters. The summed E-state index contributed by atoms with van der Waals surface area (Å²) in [5.74, 6) is -0.699. The number of ether oxygens (including phenoxy) is 2. The summed E-state index contributed by atoms with van der Waals surface area (Å²) in [4.78, 5) is 30.6. The van der Waals surface area contributed by atoms with Gasteiger partial charge in [-0.25, -0.2) is 0 Å². The third kappa shape index (κ3) is 5.73. The maximum atomic E-state index is 13.4. The maximum absolute atomic E-state index is 13.4. The largest absolute Gasteiger partial charge is 0.507 e. The molecule has 198 valence electrons. The zero-order valence-corrected chi connectivity index (χ0v) is 22.5. The van der Waals surface area contributed by atoms with Crippen LogP contribution in [0.3, 0.4) is 0 Å². The van der Waals surface area contributed by atoms with Crippen LogP contribution in [0.15, 0.2) is 48.0 Å².